The summed E-state index contributed by atoms with van der Waals surface area (Å²) in [5.74, 6) is 2.30. The topological polar surface area (TPSA) is 147 Å². The number of imidazole rings is 1. The molecule has 1 amide bonds. The Balaban J connectivity index is 0.000000159. The van der Waals surface area contributed by atoms with Crippen molar-refractivity contribution >= 4 is 23.5 Å². The number of aromatic amines is 1. The zero-order valence-electron chi connectivity index (χ0n) is 21.6. The van der Waals surface area contributed by atoms with Crippen LogP contribution in [0.5, 0.6) is 0 Å². The lowest BCUT2D eigenvalue weighted by Crippen LogP contribution is -2.67. The van der Waals surface area contributed by atoms with Crippen molar-refractivity contribution in [1.29, 1.82) is 0 Å². The number of ether oxygens (including phenoxy) is 1. The van der Waals surface area contributed by atoms with E-state index in [-0.39, 0.29) is 5.54 Å². The number of nitrogens with one attached hydrogen (secondary N) is 3. The second-order valence-corrected chi connectivity index (χ2v) is 10.1. The van der Waals surface area contributed by atoms with Crippen molar-refractivity contribution in [3.05, 3.63) is 42.1 Å². The molecular weight excluding hydrogens is 493 g/mol. The van der Waals surface area contributed by atoms with E-state index in [9.17, 15) is 9.18 Å². The fourth-order valence-corrected chi connectivity index (χ4v) is 5.17. The number of carbonyl (C=O) groups is 1. The number of aromatic nitrogens is 7. The Hall–Kier alpha value is -4.00. The fraction of sp³-hybridized carbons (Fsp3) is 0.480. The second-order valence-electron chi connectivity index (χ2n) is 10.1. The summed E-state index contributed by atoms with van der Waals surface area (Å²) in [4.78, 5) is 19.4. The number of amides is 1. The minimum absolute atomic E-state index is 0.0382. The molecule has 202 valence electrons. The third-order valence-electron chi connectivity index (χ3n) is 7.12. The maximum atomic E-state index is 11.8. The largest absolute Gasteiger partial charge is 0.465 e. The van der Waals surface area contributed by atoms with Crippen LogP contribution in [-0.4, -0.2) is 70.5 Å². The van der Waals surface area contributed by atoms with Crippen molar-refractivity contribution in [3.8, 4) is 11.3 Å². The smallest absolute Gasteiger partial charge is 0.405 e. The van der Waals surface area contributed by atoms with E-state index in [0.29, 0.717) is 25.6 Å². The lowest BCUT2D eigenvalue weighted by Gasteiger charge is -2.61. The highest BCUT2D eigenvalue weighted by Crippen LogP contribution is 2.56. The zero-order valence-corrected chi connectivity index (χ0v) is 21.6. The first-order chi connectivity index (χ1) is 18.2. The van der Waals surface area contributed by atoms with Gasteiger partial charge in [-0.3, -0.25) is 14.2 Å². The molecule has 5 heterocycles. The number of halogens is 1. The van der Waals surface area contributed by atoms with E-state index in [0.717, 1.165) is 59.2 Å². The van der Waals surface area contributed by atoms with Gasteiger partial charge in [0.05, 0.1) is 36.0 Å². The third kappa shape index (κ3) is 5.19. The van der Waals surface area contributed by atoms with Gasteiger partial charge in [-0.1, -0.05) is 0 Å². The molecule has 3 aliphatic carbocycles. The summed E-state index contributed by atoms with van der Waals surface area (Å²) in [5.41, 5.74) is 4.87. The second kappa shape index (κ2) is 10.4. The van der Waals surface area contributed by atoms with Gasteiger partial charge in [0, 0.05) is 44.1 Å². The van der Waals surface area contributed by atoms with Gasteiger partial charge in [-0.05, 0) is 44.6 Å². The molecule has 0 radical (unpaired) electrons. The Morgan fingerprint density at radius 3 is 2.55 bits per heavy atom. The fourth-order valence-electron chi connectivity index (χ4n) is 5.17. The molecule has 4 fully saturated rings. The first-order valence-electron chi connectivity index (χ1n) is 12.6. The third-order valence-corrected chi connectivity index (χ3v) is 7.12. The monoisotopic (exact) mass is 525 g/mol. The average Bonchev–Trinajstić information content (AvgIpc) is 3.63. The van der Waals surface area contributed by atoms with E-state index in [2.05, 4.69) is 35.7 Å². The predicted octanol–water partition coefficient (Wildman–Crippen LogP) is 3.76. The van der Waals surface area contributed by atoms with Gasteiger partial charge in [0.1, 0.15) is 12.0 Å². The van der Waals surface area contributed by atoms with Crippen LogP contribution in [0.1, 0.15) is 36.9 Å². The van der Waals surface area contributed by atoms with Crippen molar-refractivity contribution in [2.75, 3.05) is 18.5 Å². The average molecular weight is 526 g/mol. The maximum Gasteiger partial charge on any atom is 0.405 e. The number of hydrogen-bond acceptors (Lipinski definition) is 7. The number of rotatable bonds is 4. The molecule has 2 bridgehead atoms. The number of anilines is 2. The molecule has 13 heteroatoms. The molecule has 38 heavy (non-hydrogen) atoms. The van der Waals surface area contributed by atoms with Gasteiger partial charge in [-0.15, -0.1) is 0 Å². The number of aryl methyl sites for hydroxylation is 3. The van der Waals surface area contributed by atoms with E-state index >= 15 is 0 Å². The van der Waals surface area contributed by atoms with Gasteiger partial charge in [-0.2, -0.15) is 10.2 Å². The van der Waals surface area contributed by atoms with E-state index in [4.69, 9.17) is 10.1 Å². The number of carboxylic acid groups (broad SMARTS) is 1. The zero-order chi connectivity index (χ0) is 26.9. The van der Waals surface area contributed by atoms with E-state index in [1.807, 2.05) is 48.4 Å². The number of alkyl halides is 1. The van der Waals surface area contributed by atoms with Gasteiger partial charge < -0.3 is 20.5 Å². The molecule has 1 aliphatic heterocycles. The Labute approximate surface area is 218 Å². The summed E-state index contributed by atoms with van der Waals surface area (Å²) in [5, 5.41) is 25.2. The minimum atomic E-state index is -0.867. The molecule has 3 saturated carbocycles. The van der Waals surface area contributed by atoms with Crippen LogP contribution in [0.25, 0.3) is 16.9 Å². The Morgan fingerprint density at radius 2 is 2.08 bits per heavy atom. The van der Waals surface area contributed by atoms with Crippen LogP contribution in [0.15, 0.2) is 30.9 Å². The van der Waals surface area contributed by atoms with Gasteiger partial charge in [-0.25, -0.2) is 19.2 Å². The Morgan fingerprint density at radius 1 is 1.29 bits per heavy atom. The predicted molar refractivity (Wildman–Crippen MR) is 138 cm³/mol. The molecule has 0 spiro atoms. The molecule has 4 aliphatic rings. The van der Waals surface area contributed by atoms with Gasteiger partial charge >= 0.3 is 6.09 Å². The van der Waals surface area contributed by atoms with Crippen molar-refractivity contribution in [1.82, 2.24) is 39.7 Å². The van der Waals surface area contributed by atoms with Crippen LogP contribution in [0, 0.1) is 19.8 Å². The van der Waals surface area contributed by atoms with Crippen molar-refractivity contribution < 1.29 is 19.0 Å². The quantitative estimate of drug-likeness (QED) is 0.315. The molecule has 1 atom stereocenters. The van der Waals surface area contributed by atoms with Gasteiger partial charge in [0.2, 0.25) is 5.95 Å². The first-order valence-corrected chi connectivity index (χ1v) is 12.6. The molecule has 4 N–H and O–H groups in total. The van der Waals surface area contributed by atoms with Crippen molar-refractivity contribution in [3.63, 3.8) is 0 Å². The lowest BCUT2D eigenvalue weighted by atomic mass is 9.50. The molecule has 1 saturated heterocycles. The van der Waals surface area contributed by atoms with E-state index < -0.39 is 12.3 Å². The number of hydrogen-bond donors (Lipinski definition) is 4. The lowest BCUT2D eigenvalue weighted by molar-refractivity contribution is -0.0448. The summed E-state index contributed by atoms with van der Waals surface area (Å²) in [6.45, 7) is 4.95. The molecule has 8 rings (SSSR count). The van der Waals surface area contributed by atoms with Crippen LogP contribution >= 0.6 is 0 Å². The molecule has 0 aromatic carbocycles. The molecule has 4 aromatic rings. The van der Waals surface area contributed by atoms with E-state index in [1.165, 1.54) is 0 Å². The van der Waals surface area contributed by atoms with Gasteiger partial charge in [0.15, 0.2) is 5.65 Å². The van der Waals surface area contributed by atoms with Gasteiger partial charge in [0.25, 0.3) is 0 Å². The Kier molecular flexibility index (Phi) is 7.02. The highest BCUT2D eigenvalue weighted by Gasteiger charge is 2.57. The summed E-state index contributed by atoms with van der Waals surface area (Å²) < 4.78 is 20.3. The summed E-state index contributed by atoms with van der Waals surface area (Å²) in [6.07, 6.45) is 9.49. The molecule has 1 unspecified atom stereocenters. The number of nitrogens with zero attached hydrogens (tertiary/aromatic N) is 6. The van der Waals surface area contributed by atoms with Crippen LogP contribution in [-0.2, 0) is 11.8 Å². The number of H-pyrrole nitrogens is 1. The number of fused-ring (bicyclic) bond motifs is 1. The summed E-state index contributed by atoms with van der Waals surface area (Å²) in [7, 11) is 1.93. The normalized spacial score (nSPS) is 22.8. The van der Waals surface area contributed by atoms with Crippen molar-refractivity contribution in [2.45, 2.75) is 51.2 Å². The van der Waals surface area contributed by atoms with Crippen LogP contribution in [0.2, 0.25) is 0 Å². The first kappa shape index (κ1) is 25.6. The van der Waals surface area contributed by atoms with E-state index in [1.54, 1.807) is 12.4 Å². The Bertz CT molecular complexity index is 1370. The summed E-state index contributed by atoms with van der Waals surface area (Å²) in [6, 6.07) is 1.85. The standard InChI is InChI=1S/C15H16N8.C6H9NO2.C4H7FO/c1-9-8-18-22(3)13(9)12-10(2)19-15(20-11-4-5-17-21-11)23-7-6-16-14(12)23;8-5(9)7-6-1-4(2-6)3-6;5-4-1-2-6-3-4/h4-8H,1-3H3,(H2,17,19,20,21);4,7H,1-3H2,(H,8,9);4H,1-3H2. The molecular formula is C25H32FN9O3. The molecule has 12 nitrogen and oxygen atoms in total. The van der Waals surface area contributed by atoms with Crippen LogP contribution in [0.4, 0.5) is 21.0 Å². The summed E-state index contributed by atoms with van der Waals surface area (Å²) >= 11 is 0. The van der Waals surface area contributed by atoms with Crippen LogP contribution < -0.4 is 10.6 Å². The highest BCUT2D eigenvalue weighted by atomic mass is 19.1. The van der Waals surface area contributed by atoms with Crippen molar-refractivity contribution in [2.24, 2.45) is 13.0 Å². The van der Waals surface area contributed by atoms with Crippen LogP contribution in [0.3, 0.4) is 0 Å². The SMILES string of the molecule is Cc1cnn(C)c1-c1c(C)nc(Nc2ccn[nH]2)n2ccnc12.FC1CCOC1.O=C(O)NC12CC(C1)C2. The highest BCUT2D eigenvalue weighted by molar-refractivity contribution is 5.80. The minimum Gasteiger partial charge on any atom is -0.465 e. The maximum absolute atomic E-state index is 11.8. The molecule has 4 aromatic heterocycles.